The third-order valence-electron chi connectivity index (χ3n) is 4.48. The van der Waals surface area contributed by atoms with Gasteiger partial charge in [0.15, 0.2) is 15.9 Å². The molecule has 0 saturated heterocycles. The summed E-state index contributed by atoms with van der Waals surface area (Å²) in [6.45, 7) is 0. The third-order valence-corrected chi connectivity index (χ3v) is 5.45. The first-order chi connectivity index (χ1) is 12.7. The van der Waals surface area contributed by atoms with E-state index >= 15 is 0 Å². The van der Waals surface area contributed by atoms with Crippen LogP contribution in [0.25, 0.3) is 11.6 Å². The lowest BCUT2D eigenvalue weighted by Crippen LogP contribution is -2.15. The van der Waals surface area contributed by atoms with E-state index in [0.717, 1.165) is 25.7 Å². The summed E-state index contributed by atoms with van der Waals surface area (Å²) in [5, 5.41) is 20.8. The molecule has 1 saturated carbocycles. The molecule has 0 aromatic carbocycles. The van der Waals surface area contributed by atoms with E-state index in [4.69, 9.17) is 4.42 Å². The van der Waals surface area contributed by atoms with Gasteiger partial charge < -0.3 is 4.42 Å². The van der Waals surface area contributed by atoms with Crippen molar-refractivity contribution < 1.29 is 9.34 Å². The minimum Gasteiger partial charge on any atom is -0.461 e. The lowest BCUT2D eigenvalue weighted by molar-refractivity contribution is -0.388. The first-order valence-corrected chi connectivity index (χ1v) is 9.31. The van der Waals surface area contributed by atoms with Crippen molar-refractivity contribution in [1.82, 2.24) is 19.7 Å². The van der Waals surface area contributed by atoms with Crippen LogP contribution in [0.1, 0.15) is 38.1 Å². The highest BCUT2D eigenvalue weighted by atomic mass is 32.2. The van der Waals surface area contributed by atoms with Crippen LogP contribution >= 0.6 is 11.8 Å². The summed E-state index contributed by atoms with van der Waals surface area (Å²) < 4.78 is 7.58. The molecule has 1 aliphatic rings. The van der Waals surface area contributed by atoms with Crippen LogP contribution in [0.4, 0.5) is 5.69 Å². The molecule has 1 aliphatic carbocycles. The van der Waals surface area contributed by atoms with Gasteiger partial charge in [-0.15, -0.1) is 10.2 Å². The van der Waals surface area contributed by atoms with Crippen LogP contribution < -0.4 is 0 Å². The summed E-state index contributed by atoms with van der Waals surface area (Å²) in [5.74, 6) is 1.30. The SMILES string of the molecule is O=[N+]([O-])c1cccnc1Sc1nnc(-c2ccco2)n1C1CCCCC1. The Hall–Kier alpha value is -2.68. The summed E-state index contributed by atoms with van der Waals surface area (Å²) in [4.78, 5) is 15.0. The van der Waals surface area contributed by atoms with Crippen LogP contribution in [-0.4, -0.2) is 24.7 Å². The number of aromatic nitrogens is 4. The van der Waals surface area contributed by atoms with Crippen LogP contribution in [0.2, 0.25) is 0 Å². The van der Waals surface area contributed by atoms with Gasteiger partial charge in [-0.25, -0.2) is 4.98 Å². The van der Waals surface area contributed by atoms with Gasteiger partial charge in [0.05, 0.1) is 11.2 Å². The maximum absolute atomic E-state index is 11.3. The second-order valence-electron chi connectivity index (χ2n) is 6.13. The zero-order valence-electron chi connectivity index (χ0n) is 13.9. The topological polar surface area (TPSA) is 99.9 Å². The monoisotopic (exact) mass is 371 g/mol. The molecule has 0 aliphatic heterocycles. The standard InChI is InChI=1S/C17H17N5O3S/c23-22(24)13-8-4-10-18-16(13)26-17-20-19-15(14-9-5-11-25-14)21(17)12-6-2-1-3-7-12/h4-5,8-12H,1-3,6-7H2. The molecule has 134 valence electrons. The number of hydrogen-bond donors (Lipinski definition) is 0. The van der Waals surface area contributed by atoms with Crippen molar-refractivity contribution in [3.8, 4) is 11.6 Å². The molecule has 3 aromatic heterocycles. The van der Waals surface area contributed by atoms with E-state index in [1.807, 2.05) is 12.1 Å². The molecule has 0 unspecified atom stereocenters. The van der Waals surface area contributed by atoms with Gasteiger partial charge in [-0.2, -0.15) is 0 Å². The number of rotatable bonds is 5. The van der Waals surface area contributed by atoms with Gasteiger partial charge >= 0.3 is 5.69 Å². The van der Waals surface area contributed by atoms with Crippen molar-refractivity contribution in [2.24, 2.45) is 0 Å². The maximum atomic E-state index is 11.3. The average molecular weight is 371 g/mol. The highest BCUT2D eigenvalue weighted by Crippen LogP contribution is 2.39. The summed E-state index contributed by atoms with van der Waals surface area (Å²) in [6.07, 6.45) is 8.73. The Morgan fingerprint density at radius 2 is 2.04 bits per heavy atom. The van der Waals surface area contributed by atoms with E-state index in [9.17, 15) is 10.1 Å². The lowest BCUT2D eigenvalue weighted by Gasteiger charge is -2.25. The minimum absolute atomic E-state index is 0.0322. The number of pyridine rings is 1. The lowest BCUT2D eigenvalue weighted by atomic mass is 9.95. The van der Waals surface area contributed by atoms with Crippen LogP contribution in [0, 0.1) is 10.1 Å². The smallest absolute Gasteiger partial charge is 0.301 e. The number of nitrogens with zero attached hydrogens (tertiary/aromatic N) is 5. The summed E-state index contributed by atoms with van der Waals surface area (Å²) in [5.41, 5.74) is -0.0322. The molecule has 9 heteroatoms. The molecule has 0 amide bonds. The fourth-order valence-electron chi connectivity index (χ4n) is 3.28. The molecule has 3 aromatic rings. The number of nitro groups is 1. The highest BCUT2D eigenvalue weighted by molar-refractivity contribution is 7.99. The Kier molecular flexibility index (Phi) is 4.70. The van der Waals surface area contributed by atoms with E-state index in [1.54, 1.807) is 18.5 Å². The van der Waals surface area contributed by atoms with E-state index in [1.165, 1.54) is 24.2 Å². The van der Waals surface area contributed by atoms with Crippen molar-refractivity contribution in [3.63, 3.8) is 0 Å². The zero-order chi connectivity index (χ0) is 17.9. The van der Waals surface area contributed by atoms with Gasteiger partial charge in [0.2, 0.25) is 5.82 Å². The fourth-order valence-corrected chi connectivity index (χ4v) is 4.22. The zero-order valence-corrected chi connectivity index (χ0v) is 14.8. The predicted octanol–water partition coefficient (Wildman–Crippen LogP) is 4.50. The summed E-state index contributed by atoms with van der Waals surface area (Å²) in [7, 11) is 0. The van der Waals surface area contributed by atoms with Crippen molar-refractivity contribution in [3.05, 3.63) is 46.8 Å². The van der Waals surface area contributed by atoms with Gasteiger partial charge in [-0.3, -0.25) is 14.7 Å². The van der Waals surface area contributed by atoms with Crippen molar-refractivity contribution >= 4 is 17.4 Å². The quantitative estimate of drug-likeness (QED) is 0.481. The van der Waals surface area contributed by atoms with Crippen molar-refractivity contribution in [1.29, 1.82) is 0 Å². The molecule has 26 heavy (non-hydrogen) atoms. The molecule has 4 rings (SSSR count). The highest BCUT2D eigenvalue weighted by Gasteiger charge is 2.27. The summed E-state index contributed by atoms with van der Waals surface area (Å²) >= 11 is 1.18. The molecule has 0 atom stereocenters. The minimum atomic E-state index is -0.426. The molecule has 0 bridgehead atoms. The van der Waals surface area contributed by atoms with E-state index < -0.39 is 4.92 Å². The Morgan fingerprint density at radius 1 is 1.19 bits per heavy atom. The Morgan fingerprint density at radius 3 is 2.77 bits per heavy atom. The van der Waals surface area contributed by atoms with Crippen LogP contribution in [0.5, 0.6) is 0 Å². The second kappa shape index (κ2) is 7.28. The second-order valence-corrected chi connectivity index (χ2v) is 7.09. The van der Waals surface area contributed by atoms with E-state index in [0.29, 0.717) is 21.8 Å². The van der Waals surface area contributed by atoms with Crippen molar-refractivity contribution in [2.75, 3.05) is 0 Å². The molecule has 0 radical (unpaired) electrons. The molecule has 0 spiro atoms. The molecular weight excluding hydrogens is 354 g/mol. The summed E-state index contributed by atoms with van der Waals surface area (Å²) in [6, 6.07) is 6.92. The molecule has 8 nitrogen and oxygen atoms in total. The van der Waals surface area contributed by atoms with Gasteiger partial charge in [0.25, 0.3) is 0 Å². The largest absolute Gasteiger partial charge is 0.461 e. The molecule has 3 heterocycles. The molecule has 0 N–H and O–H groups in total. The fraction of sp³-hybridized carbons (Fsp3) is 0.353. The molecule has 1 fully saturated rings. The molecular formula is C17H17N5O3S. The van der Waals surface area contributed by atoms with Gasteiger partial charge in [-0.05, 0) is 42.8 Å². The van der Waals surface area contributed by atoms with Crippen molar-refractivity contribution in [2.45, 2.75) is 48.3 Å². The van der Waals surface area contributed by atoms with Crippen LogP contribution in [0.3, 0.4) is 0 Å². The van der Waals surface area contributed by atoms with Gasteiger partial charge in [-0.1, -0.05) is 19.3 Å². The number of furan rings is 1. The first kappa shape index (κ1) is 16.8. The van der Waals surface area contributed by atoms with E-state index in [-0.39, 0.29) is 11.7 Å². The predicted molar refractivity (Wildman–Crippen MR) is 94.9 cm³/mol. The maximum Gasteiger partial charge on any atom is 0.301 e. The van der Waals surface area contributed by atoms with Gasteiger partial charge in [0.1, 0.15) is 0 Å². The normalized spacial score (nSPS) is 15.2. The van der Waals surface area contributed by atoms with E-state index in [2.05, 4.69) is 19.7 Å². The number of hydrogen-bond acceptors (Lipinski definition) is 7. The average Bonchev–Trinajstić information content (AvgIpc) is 3.32. The first-order valence-electron chi connectivity index (χ1n) is 8.50. The third kappa shape index (κ3) is 3.22. The Labute approximate surface area is 153 Å². The van der Waals surface area contributed by atoms with Crippen LogP contribution in [0.15, 0.2) is 51.3 Å². The van der Waals surface area contributed by atoms with Gasteiger partial charge in [0, 0.05) is 18.3 Å². The Balaban J connectivity index is 1.76. The Bertz CT molecular complexity index is 903. The van der Waals surface area contributed by atoms with Crippen LogP contribution in [-0.2, 0) is 0 Å².